The Morgan fingerprint density at radius 1 is 0.569 bits per heavy atom. The maximum atomic E-state index is 12.6. The first kappa shape index (κ1) is 54.1. The fraction of sp³-hybridized carbons (Fsp3) is 0.543. The van der Waals surface area contributed by atoms with Gasteiger partial charge in [-0.1, -0.05) is 155 Å². The number of allylic oxidation sites excluding steroid dienone is 18. The van der Waals surface area contributed by atoms with Gasteiger partial charge in [-0.3, -0.25) is 23.4 Å². The molecule has 58 heavy (non-hydrogen) atoms. The second-order valence-corrected chi connectivity index (χ2v) is 14.9. The van der Waals surface area contributed by atoms with E-state index in [9.17, 15) is 23.8 Å². The Kier molecular flexibility index (Phi) is 37.3. The van der Waals surface area contributed by atoms with E-state index < -0.39 is 57.7 Å². The number of phosphoric acid groups is 1. The SMILES string of the molecule is CC/C=C/C=C/C=C/C=C/CCCCCCCC(=O)O[C@H](COC(=O)CC/C=C/C/C=C/C/C=C/C/C=C/C/C=C/CCCCC)COP(=O)(O)OC[C@H](N)C(=O)O. The summed E-state index contributed by atoms with van der Waals surface area (Å²) in [5, 5.41) is 8.88. The molecule has 0 fully saturated rings. The molecule has 1 unspecified atom stereocenters. The van der Waals surface area contributed by atoms with Crippen molar-refractivity contribution in [3.05, 3.63) is 109 Å². The third kappa shape index (κ3) is 39.0. The lowest BCUT2D eigenvalue weighted by Crippen LogP contribution is -2.34. The minimum absolute atomic E-state index is 0.0854. The van der Waals surface area contributed by atoms with E-state index in [0.29, 0.717) is 12.8 Å². The van der Waals surface area contributed by atoms with Gasteiger partial charge in [0.25, 0.3) is 0 Å². The van der Waals surface area contributed by atoms with Crippen LogP contribution in [0.5, 0.6) is 0 Å². The lowest BCUT2D eigenvalue weighted by atomic mass is 10.1. The van der Waals surface area contributed by atoms with Gasteiger partial charge < -0.3 is 25.2 Å². The highest BCUT2D eigenvalue weighted by Crippen LogP contribution is 2.43. The van der Waals surface area contributed by atoms with Crippen LogP contribution in [-0.2, 0) is 37.5 Å². The van der Waals surface area contributed by atoms with Crippen molar-refractivity contribution >= 4 is 25.7 Å². The van der Waals surface area contributed by atoms with Crippen LogP contribution in [0.15, 0.2) is 109 Å². The van der Waals surface area contributed by atoms with E-state index in [0.717, 1.165) is 70.6 Å². The maximum Gasteiger partial charge on any atom is 0.472 e. The first-order valence-corrected chi connectivity index (χ1v) is 22.5. The predicted molar refractivity (Wildman–Crippen MR) is 235 cm³/mol. The van der Waals surface area contributed by atoms with E-state index >= 15 is 0 Å². The third-order valence-electron chi connectivity index (χ3n) is 8.11. The molecule has 0 spiro atoms. The molecule has 0 bridgehead atoms. The van der Waals surface area contributed by atoms with Gasteiger partial charge in [0.1, 0.15) is 12.6 Å². The summed E-state index contributed by atoms with van der Waals surface area (Å²) in [4.78, 5) is 45.9. The molecule has 0 aromatic carbocycles. The molecule has 11 nitrogen and oxygen atoms in total. The number of carboxylic acid groups (broad SMARTS) is 1. The fourth-order valence-electron chi connectivity index (χ4n) is 4.82. The molecule has 0 saturated carbocycles. The lowest BCUT2D eigenvalue weighted by molar-refractivity contribution is -0.161. The summed E-state index contributed by atoms with van der Waals surface area (Å²) in [6.45, 7) is 2.50. The summed E-state index contributed by atoms with van der Waals surface area (Å²) < 4.78 is 32.5. The topological polar surface area (TPSA) is 172 Å². The van der Waals surface area contributed by atoms with Crippen LogP contribution >= 0.6 is 7.82 Å². The zero-order valence-corrected chi connectivity index (χ0v) is 36.0. The van der Waals surface area contributed by atoms with Crippen molar-refractivity contribution in [1.82, 2.24) is 0 Å². The number of carbonyl (C=O) groups excluding carboxylic acids is 2. The minimum atomic E-state index is -4.75. The maximum absolute atomic E-state index is 12.6. The van der Waals surface area contributed by atoms with Gasteiger partial charge in [-0.15, -0.1) is 0 Å². The number of ether oxygens (including phenoxy) is 2. The highest BCUT2D eigenvalue weighted by molar-refractivity contribution is 7.47. The summed E-state index contributed by atoms with van der Waals surface area (Å²) >= 11 is 0. The first-order chi connectivity index (χ1) is 28.1. The summed E-state index contributed by atoms with van der Waals surface area (Å²) in [6, 6.07) is -1.54. The predicted octanol–water partition coefficient (Wildman–Crippen LogP) is 11.1. The van der Waals surface area contributed by atoms with Crippen molar-refractivity contribution in [2.75, 3.05) is 19.8 Å². The molecule has 0 aliphatic heterocycles. The molecule has 0 aromatic heterocycles. The highest BCUT2D eigenvalue weighted by Gasteiger charge is 2.28. The molecule has 4 N–H and O–H groups in total. The van der Waals surface area contributed by atoms with Gasteiger partial charge in [0, 0.05) is 12.8 Å². The number of unbranched alkanes of at least 4 members (excludes halogenated alkanes) is 8. The molecule has 0 aliphatic rings. The van der Waals surface area contributed by atoms with Crippen LogP contribution in [0.3, 0.4) is 0 Å². The Bertz CT molecular complexity index is 1390. The average Bonchev–Trinajstić information content (AvgIpc) is 3.20. The quantitative estimate of drug-likeness (QED) is 0.0179. The van der Waals surface area contributed by atoms with Gasteiger partial charge >= 0.3 is 25.7 Å². The lowest BCUT2D eigenvalue weighted by Gasteiger charge is -2.20. The number of hydrogen-bond acceptors (Lipinski definition) is 9. The van der Waals surface area contributed by atoms with Crippen molar-refractivity contribution in [1.29, 1.82) is 0 Å². The molecule has 12 heteroatoms. The van der Waals surface area contributed by atoms with Crippen LogP contribution in [0.1, 0.15) is 129 Å². The molecular weight excluding hydrogens is 757 g/mol. The number of hydrogen-bond donors (Lipinski definition) is 3. The average molecular weight is 830 g/mol. The molecule has 0 aliphatic carbocycles. The second-order valence-electron chi connectivity index (χ2n) is 13.5. The van der Waals surface area contributed by atoms with Crippen LogP contribution in [0.2, 0.25) is 0 Å². The molecule has 0 amide bonds. The van der Waals surface area contributed by atoms with E-state index in [1.807, 2.05) is 48.6 Å². The van der Waals surface area contributed by atoms with Crippen LogP contribution in [-0.4, -0.2) is 59.9 Å². The van der Waals surface area contributed by atoms with Crippen LogP contribution < -0.4 is 5.73 Å². The van der Waals surface area contributed by atoms with E-state index in [2.05, 4.69) is 79.1 Å². The molecule has 0 heterocycles. The van der Waals surface area contributed by atoms with Crippen molar-refractivity contribution in [3.63, 3.8) is 0 Å². The number of phosphoric ester groups is 1. The van der Waals surface area contributed by atoms with E-state index in [-0.39, 0.29) is 12.8 Å². The monoisotopic (exact) mass is 829 g/mol. The van der Waals surface area contributed by atoms with E-state index in [4.69, 9.17) is 24.8 Å². The Balaban J connectivity index is 4.57. The summed E-state index contributed by atoms with van der Waals surface area (Å²) in [6.07, 6.45) is 51.7. The van der Waals surface area contributed by atoms with Crippen molar-refractivity contribution in [3.8, 4) is 0 Å². The number of aliphatic carboxylic acids is 1. The Morgan fingerprint density at radius 3 is 1.67 bits per heavy atom. The third-order valence-corrected chi connectivity index (χ3v) is 9.06. The molecule has 0 radical (unpaired) electrons. The molecule has 0 rings (SSSR count). The minimum Gasteiger partial charge on any atom is -0.480 e. The number of carbonyl (C=O) groups is 3. The molecule has 0 saturated heterocycles. The molecule has 326 valence electrons. The second kappa shape index (κ2) is 39.9. The first-order valence-electron chi connectivity index (χ1n) is 21.0. The summed E-state index contributed by atoms with van der Waals surface area (Å²) in [5.41, 5.74) is 5.32. The van der Waals surface area contributed by atoms with Gasteiger partial charge in [0.05, 0.1) is 13.2 Å². The van der Waals surface area contributed by atoms with E-state index in [1.165, 1.54) is 19.3 Å². The van der Waals surface area contributed by atoms with Crippen LogP contribution in [0, 0.1) is 0 Å². The zero-order chi connectivity index (χ0) is 42.8. The van der Waals surface area contributed by atoms with Gasteiger partial charge in [-0.25, -0.2) is 4.57 Å². The Morgan fingerprint density at radius 2 is 1.07 bits per heavy atom. The smallest absolute Gasteiger partial charge is 0.472 e. The van der Waals surface area contributed by atoms with Gasteiger partial charge in [-0.05, 0) is 70.6 Å². The van der Waals surface area contributed by atoms with Crippen LogP contribution in [0.25, 0.3) is 0 Å². The Hall–Kier alpha value is -3.86. The molecule has 3 atom stereocenters. The summed E-state index contributed by atoms with van der Waals surface area (Å²) in [7, 11) is -4.75. The van der Waals surface area contributed by atoms with Crippen molar-refractivity contribution in [2.24, 2.45) is 5.73 Å². The number of esters is 2. The fourth-order valence-corrected chi connectivity index (χ4v) is 5.60. The zero-order valence-electron chi connectivity index (χ0n) is 35.1. The van der Waals surface area contributed by atoms with Gasteiger partial charge in [-0.2, -0.15) is 0 Å². The standard InChI is InChI=1S/C46H72NO10P/c1-3-5-7-9-11-13-15-17-19-20-21-22-24-25-27-29-31-33-35-37-44(48)54-39-42(40-55-58(52,53)56-41-43(47)46(50)51)57-45(49)38-36-34-32-30-28-26-23-18-16-14-12-10-8-6-4-2/h6,8,10-14,16-19,21-23,25,27,31,33,42-43H,3-5,7,9,15,20,24,26,28-30,32,34-41,47H2,1-2H3,(H,50,51)(H,52,53)/b8-6+,12-10+,13-11+,16-14+,19-17+,22-21+,23-18+,27-25+,33-31+/t42-,43+/m1/s1. The van der Waals surface area contributed by atoms with Crippen LogP contribution in [0.4, 0.5) is 0 Å². The van der Waals surface area contributed by atoms with Gasteiger partial charge in [0.15, 0.2) is 6.10 Å². The number of rotatable bonds is 37. The normalized spacial score (nSPS) is 14.8. The number of nitrogens with two attached hydrogens (primary N) is 1. The Labute approximate surface area is 348 Å². The van der Waals surface area contributed by atoms with Gasteiger partial charge in [0.2, 0.25) is 0 Å². The van der Waals surface area contributed by atoms with Crippen molar-refractivity contribution < 1.29 is 47.5 Å². The largest absolute Gasteiger partial charge is 0.480 e. The van der Waals surface area contributed by atoms with Crippen molar-refractivity contribution in [2.45, 2.75) is 142 Å². The summed E-state index contributed by atoms with van der Waals surface area (Å²) in [5.74, 6) is -2.53. The molecular formula is C46H72NO10P. The van der Waals surface area contributed by atoms with E-state index in [1.54, 1.807) is 0 Å². The molecule has 0 aromatic rings. The highest BCUT2D eigenvalue weighted by atomic mass is 31.2. The number of carboxylic acids is 1.